The van der Waals surface area contributed by atoms with E-state index in [1.54, 1.807) is 18.2 Å². The molecule has 6 nitrogen and oxygen atoms in total. The van der Waals surface area contributed by atoms with Crippen LogP contribution in [0.3, 0.4) is 0 Å². The van der Waals surface area contributed by atoms with Gasteiger partial charge in [-0.15, -0.1) is 17.9 Å². The first kappa shape index (κ1) is 18.7. The highest BCUT2D eigenvalue weighted by Gasteiger charge is 2.51. The summed E-state index contributed by atoms with van der Waals surface area (Å²) in [5.74, 6) is 0.353. The Labute approximate surface area is 170 Å². The Morgan fingerprint density at radius 3 is 2.86 bits per heavy atom. The van der Waals surface area contributed by atoms with Gasteiger partial charge in [-0.25, -0.2) is 9.37 Å². The molecule has 4 rings (SSSR count). The number of anilines is 1. The maximum atomic E-state index is 13.2. The molecule has 2 aromatic heterocycles. The smallest absolute Gasteiger partial charge is 0.236 e. The van der Waals surface area contributed by atoms with Crippen molar-refractivity contribution in [2.45, 2.75) is 31.2 Å². The van der Waals surface area contributed by atoms with Crippen molar-refractivity contribution in [1.29, 1.82) is 0 Å². The van der Waals surface area contributed by atoms with Crippen LogP contribution in [-0.4, -0.2) is 25.7 Å². The maximum Gasteiger partial charge on any atom is 0.236 e. The van der Waals surface area contributed by atoms with Gasteiger partial charge in [-0.1, -0.05) is 18.2 Å². The molecule has 0 aliphatic heterocycles. The van der Waals surface area contributed by atoms with E-state index in [1.165, 1.54) is 23.5 Å². The zero-order chi connectivity index (χ0) is 19.7. The Morgan fingerprint density at radius 1 is 1.43 bits per heavy atom. The van der Waals surface area contributed by atoms with Crippen molar-refractivity contribution in [2.75, 3.05) is 5.32 Å². The monoisotopic (exact) mass is 415 g/mol. The highest BCUT2D eigenvalue weighted by molar-refractivity contribution is 7.71. The van der Waals surface area contributed by atoms with E-state index >= 15 is 0 Å². The molecule has 28 heavy (non-hydrogen) atoms. The molecule has 0 bridgehead atoms. The van der Waals surface area contributed by atoms with Gasteiger partial charge in [0.2, 0.25) is 5.91 Å². The molecule has 0 unspecified atom stereocenters. The van der Waals surface area contributed by atoms with Gasteiger partial charge in [0.15, 0.2) is 9.90 Å². The van der Waals surface area contributed by atoms with Gasteiger partial charge in [0.25, 0.3) is 0 Å². The Balaban J connectivity index is 1.47. The van der Waals surface area contributed by atoms with E-state index in [0.29, 0.717) is 22.9 Å². The summed E-state index contributed by atoms with van der Waals surface area (Å²) in [5.41, 5.74) is 1.06. The normalized spacial score (nSPS) is 14.6. The van der Waals surface area contributed by atoms with E-state index in [4.69, 9.17) is 12.2 Å². The molecule has 2 N–H and O–H groups in total. The molecule has 1 saturated carbocycles. The second kappa shape index (κ2) is 7.40. The van der Waals surface area contributed by atoms with Crippen LogP contribution >= 0.6 is 23.6 Å². The predicted molar refractivity (Wildman–Crippen MR) is 108 cm³/mol. The molecule has 0 atom stereocenters. The van der Waals surface area contributed by atoms with Gasteiger partial charge in [-0.3, -0.25) is 14.5 Å². The van der Waals surface area contributed by atoms with Crippen molar-refractivity contribution in [3.05, 3.63) is 70.0 Å². The number of halogens is 1. The number of benzene rings is 1. The van der Waals surface area contributed by atoms with Gasteiger partial charge in [-0.05, 0) is 42.8 Å². The average Bonchev–Trinajstić information content (AvgIpc) is 3.28. The summed E-state index contributed by atoms with van der Waals surface area (Å²) in [5, 5.41) is 12.4. The maximum absolute atomic E-state index is 13.2. The molecule has 0 saturated heterocycles. The van der Waals surface area contributed by atoms with Gasteiger partial charge in [-0.2, -0.15) is 5.10 Å². The standard InChI is InChI=1S/C19H18FN5OS2/c1-2-9-25-15(23-24-18(25)27)10-14-11-28-17(21-14)22-16(26)19(7-8-19)12-3-5-13(20)6-4-12/h2-6,11H,1,7-10H2,(H,24,27)(H,21,22,26). The number of H-pyrrole nitrogens is 1. The van der Waals surface area contributed by atoms with Gasteiger partial charge in [0.05, 0.1) is 17.5 Å². The summed E-state index contributed by atoms with van der Waals surface area (Å²) in [6.07, 6.45) is 3.75. The Morgan fingerprint density at radius 2 is 2.18 bits per heavy atom. The van der Waals surface area contributed by atoms with Crippen molar-refractivity contribution in [1.82, 2.24) is 19.7 Å². The number of aromatic nitrogens is 4. The average molecular weight is 416 g/mol. The summed E-state index contributed by atoms with van der Waals surface area (Å²) in [6.45, 7) is 4.30. The van der Waals surface area contributed by atoms with Crippen molar-refractivity contribution in [3.8, 4) is 0 Å². The number of amides is 1. The first-order valence-electron chi connectivity index (χ1n) is 8.79. The number of allylic oxidation sites excluding steroid dienone is 1. The molecule has 1 amide bonds. The van der Waals surface area contributed by atoms with E-state index < -0.39 is 5.41 Å². The van der Waals surface area contributed by atoms with Crippen LogP contribution in [0.5, 0.6) is 0 Å². The minimum absolute atomic E-state index is 0.102. The number of hydrogen-bond donors (Lipinski definition) is 2. The summed E-state index contributed by atoms with van der Waals surface area (Å²) >= 11 is 6.59. The second-order valence-electron chi connectivity index (χ2n) is 6.71. The zero-order valence-electron chi connectivity index (χ0n) is 14.9. The third-order valence-electron chi connectivity index (χ3n) is 4.84. The molecule has 1 aliphatic carbocycles. The van der Waals surface area contributed by atoms with Crippen LogP contribution in [0.25, 0.3) is 0 Å². The topological polar surface area (TPSA) is 75.6 Å². The third-order valence-corrected chi connectivity index (χ3v) is 5.96. The molecule has 1 fully saturated rings. The molecule has 2 heterocycles. The lowest BCUT2D eigenvalue weighted by molar-refractivity contribution is -0.118. The second-order valence-corrected chi connectivity index (χ2v) is 7.95. The van der Waals surface area contributed by atoms with Crippen molar-refractivity contribution in [3.63, 3.8) is 0 Å². The number of nitrogens with zero attached hydrogens (tertiary/aromatic N) is 3. The SMILES string of the molecule is C=CCn1c(Cc2csc(NC(=O)C3(c4ccc(F)cc4)CC3)n2)n[nH]c1=S. The molecule has 0 spiro atoms. The van der Waals surface area contributed by atoms with Crippen LogP contribution in [0, 0.1) is 10.6 Å². The first-order valence-corrected chi connectivity index (χ1v) is 10.1. The lowest BCUT2D eigenvalue weighted by Crippen LogP contribution is -2.27. The highest BCUT2D eigenvalue weighted by atomic mass is 32.1. The number of carbonyl (C=O) groups excluding carboxylic acids is 1. The number of aromatic amines is 1. The van der Waals surface area contributed by atoms with Gasteiger partial charge in [0, 0.05) is 11.9 Å². The molecule has 1 aliphatic rings. The van der Waals surface area contributed by atoms with Crippen LogP contribution in [0.2, 0.25) is 0 Å². The lowest BCUT2D eigenvalue weighted by Gasteiger charge is -2.14. The summed E-state index contributed by atoms with van der Waals surface area (Å²) in [6, 6.07) is 6.13. The fourth-order valence-electron chi connectivity index (χ4n) is 3.17. The van der Waals surface area contributed by atoms with E-state index in [-0.39, 0.29) is 11.7 Å². The van der Waals surface area contributed by atoms with E-state index in [0.717, 1.165) is 29.9 Å². The first-order chi connectivity index (χ1) is 13.5. The van der Waals surface area contributed by atoms with Crippen molar-refractivity contribution >= 4 is 34.6 Å². The van der Waals surface area contributed by atoms with Gasteiger partial charge >= 0.3 is 0 Å². The highest BCUT2D eigenvalue weighted by Crippen LogP contribution is 2.49. The van der Waals surface area contributed by atoms with E-state index in [2.05, 4.69) is 27.1 Å². The molecule has 1 aromatic carbocycles. The Bertz CT molecular complexity index is 1080. The lowest BCUT2D eigenvalue weighted by atomic mass is 9.95. The molecule has 9 heteroatoms. The van der Waals surface area contributed by atoms with Crippen molar-refractivity contribution in [2.24, 2.45) is 0 Å². The minimum Gasteiger partial charge on any atom is -0.301 e. The number of hydrogen-bond acceptors (Lipinski definition) is 5. The Kier molecular flexibility index (Phi) is 4.94. The molecule has 3 aromatic rings. The van der Waals surface area contributed by atoms with Crippen LogP contribution in [-0.2, 0) is 23.2 Å². The fraction of sp³-hybridized carbons (Fsp3) is 0.263. The largest absolute Gasteiger partial charge is 0.301 e. The molecule has 0 radical (unpaired) electrons. The van der Waals surface area contributed by atoms with Crippen LogP contribution in [0.15, 0.2) is 42.3 Å². The van der Waals surface area contributed by atoms with Crippen molar-refractivity contribution < 1.29 is 9.18 Å². The third kappa shape index (κ3) is 3.55. The molecular weight excluding hydrogens is 397 g/mol. The van der Waals surface area contributed by atoms with Crippen LogP contribution in [0.1, 0.15) is 29.9 Å². The van der Waals surface area contributed by atoms with Gasteiger partial charge < -0.3 is 5.32 Å². The Hall–Kier alpha value is -2.65. The zero-order valence-corrected chi connectivity index (χ0v) is 16.6. The van der Waals surface area contributed by atoms with Crippen LogP contribution < -0.4 is 5.32 Å². The molecular formula is C19H18FN5OS2. The number of rotatable bonds is 7. The summed E-state index contributed by atoms with van der Waals surface area (Å²) in [4.78, 5) is 17.3. The number of thiazole rings is 1. The van der Waals surface area contributed by atoms with E-state index in [9.17, 15) is 9.18 Å². The fourth-order valence-corrected chi connectivity index (χ4v) is 4.10. The van der Waals surface area contributed by atoms with Crippen LogP contribution in [0.4, 0.5) is 9.52 Å². The summed E-state index contributed by atoms with van der Waals surface area (Å²) < 4.78 is 15.6. The minimum atomic E-state index is -0.577. The quantitative estimate of drug-likeness (QED) is 0.452. The molecule has 144 valence electrons. The van der Waals surface area contributed by atoms with Gasteiger partial charge in [0.1, 0.15) is 11.6 Å². The summed E-state index contributed by atoms with van der Waals surface area (Å²) in [7, 11) is 0. The van der Waals surface area contributed by atoms with E-state index in [1.807, 2.05) is 9.95 Å². The number of carbonyl (C=O) groups is 1. The number of nitrogens with one attached hydrogen (secondary N) is 2. The predicted octanol–water partition coefficient (Wildman–Crippen LogP) is 3.98.